The molecule has 0 amide bonds. The number of aromatic nitrogens is 2. The van der Waals surface area contributed by atoms with Crippen molar-refractivity contribution in [2.75, 3.05) is 27.9 Å². The highest BCUT2D eigenvalue weighted by molar-refractivity contribution is 6.30. The van der Waals surface area contributed by atoms with Crippen molar-refractivity contribution in [3.05, 3.63) is 52.0 Å². The van der Waals surface area contributed by atoms with E-state index in [1.54, 1.807) is 39.7 Å². The van der Waals surface area contributed by atoms with E-state index in [1.807, 2.05) is 22.8 Å². The Bertz CT molecular complexity index is 1080. The monoisotopic (exact) mass is 400 g/mol. The lowest BCUT2D eigenvalue weighted by Crippen LogP contribution is -2.34. The van der Waals surface area contributed by atoms with Gasteiger partial charge in [-0.25, -0.2) is 4.98 Å². The molecule has 1 aliphatic rings. The van der Waals surface area contributed by atoms with Gasteiger partial charge >= 0.3 is 0 Å². The number of fused-ring (bicyclic) bond motifs is 1. The maximum atomic E-state index is 13.6. The van der Waals surface area contributed by atoms with Crippen LogP contribution in [0.1, 0.15) is 12.8 Å². The van der Waals surface area contributed by atoms with Gasteiger partial charge in [-0.1, -0.05) is 11.6 Å². The Morgan fingerprint density at radius 2 is 1.75 bits per heavy atom. The van der Waals surface area contributed by atoms with Crippen LogP contribution < -0.4 is 15.0 Å². The second-order valence-corrected chi connectivity index (χ2v) is 7.41. The molecule has 7 heteroatoms. The second-order valence-electron chi connectivity index (χ2n) is 7.02. The molecule has 0 radical (unpaired) electrons. The fraction of sp³-hybridized carbons (Fsp3) is 0.333. The highest BCUT2D eigenvalue weighted by Gasteiger charge is 2.46. The first-order valence-corrected chi connectivity index (χ1v) is 9.33. The third-order valence-electron chi connectivity index (χ3n) is 5.23. The zero-order chi connectivity index (χ0) is 19.9. The fourth-order valence-electron chi connectivity index (χ4n) is 3.67. The van der Waals surface area contributed by atoms with Crippen molar-refractivity contribution in [2.24, 2.45) is 0 Å². The number of methoxy groups -OCH3 is 3. The van der Waals surface area contributed by atoms with Gasteiger partial charge in [-0.2, -0.15) is 0 Å². The van der Waals surface area contributed by atoms with Gasteiger partial charge in [-0.05, 0) is 42.7 Å². The summed E-state index contributed by atoms with van der Waals surface area (Å²) in [6.07, 6.45) is 3.44. The summed E-state index contributed by atoms with van der Waals surface area (Å²) in [4.78, 5) is 17.8. The molecule has 0 saturated heterocycles. The third-order valence-corrected chi connectivity index (χ3v) is 5.44. The van der Waals surface area contributed by atoms with E-state index in [0.29, 0.717) is 28.8 Å². The molecule has 0 unspecified atom stereocenters. The molecule has 1 aliphatic carbocycles. The third kappa shape index (κ3) is 3.12. The summed E-state index contributed by atoms with van der Waals surface area (Å²) in [5.74, 6) is 1.24. The molecule has 4 rings (SSSR count). The van der Waals surface area contributed by atoms with Gasteiger partial charge in [0.2, 0.25) is 0 Å². The summed E-state index contributed by atoms with van der Waals surface area (Å²) in [5, 5.41) is 1.19. The minimum Gasteiger partial charge on any atom is -0.497 e. The van der Waals surface area contributed by atoms with E-state index < -0.39 is 0 Å². The van der Waals surface area contributed by atoms with Gasteiger partial charge < -0.3 is 14.2 Å². The first kappa shape index (κ1) is 18.8. The first-order chi connectivity index (χ1) is 13.5. The summed E-state index contributed by atoms with van der Waals surface area (Å²) in [7, 11) is 4.82. The van der Waals surface area contributed by atoms with Crippen LogP contribution in [-0.4, -0.2) is 37.5 Å². The lowest BCUT2D eigenvalue weighted by atomic mass is 10.0. The van der Waals surface area contributed by atoms with Crippen LogP contribution in [0.2, 0.25) is 5.15 Å². The van der Waals surface area contributed by atoms with Gasteiger partial charge in [0.05, 0.1) is 31.9 Å². The Kier molecular flexibility index (Phi) is 4.77. The Balaban J connectivity index is 2.03. The molecule has 0 spiro atoms. The van der Waals surface area contributed by atoms with E-state index in [9.17, 15) is 4.79 Å². The number of pyridine rings is 2. The average Bonchev–Trinajstić information content (AvgIpc) is 3.47. The molecule has 1 fully saturated rings. The summed E-state index contributed by atoms with van der Waals surface area (Å²) in [6, 6.07) is 9.01. The standard InChI is InChI=1S/C21H21ClN2O4/c1-26-12-21(4-5-21)24-18-10-19(22)23-11-14(18)8-17(20(24)25)13-6-15(27-2)9-16(7-13)28-3/h6-11H,4-5,12H2,1-3H3. The quantitative estimate of drug-likeness (QED) is 0.588. The maximum absolute atomic E-state index is 13.6. The van der Waals surface area contributed by atoms with Crippen molar-refractivity contribution in [2.45, 2.75) is 18.4 Å². The van der Waals surface area contributed by atoms with Crippen LogP contribution in [0.15, 0.2) is 41.3 Å². The molecule has 1 aromatic carbocycles. The molecular weight excluding hydrogens is 380 g/mol. The Hall–Kier alpha value is -2.57. The van der Waals surface area contributed by atoms with Crippen LogP contribution in [0.3, 0.4) is 0 Å². The highest BCUT2D eigenvalue weighted by atomic mass is 35.5. The van der Waals surface area contributed by atoms with E-state index in [2.05, 4.69) is 4.98 Å². The summed E-state index contributed by atoms with van der Waals surface area (Å²) >= 11 is 6.14. The number of rotatable bonds is 6. The van der Waals surface area contributed by atoms with E-state index in [0.717, 1.165) is 29.3 Å². The summed E-state index contributed by atoms with van der Waals surface area (Å²) in [6.45, 7) is 0.465. The molecule has 146 valence electrons. The Morgan fingerprint density at radius 3 is 2.32 bits per heavy atom. The fourth-order valence-corrected chi connectivity index (χ4v) is 3.82. The molecule has 0 N–H and O–H groups in total. The zero-order valence-electron chi connectivity index (χ0n) is 16.0. The number of hydrogen-bond donors (Lipinski definition) is 0. The molecule has 0 bridgehead atoms. The van der Waals surface area contributed by atoms with Gasteiger partial charge in [-0.15, -0.1) is 0 Å². The molecule has 0 aliphatic heterocycles. The van der Waals surface area contributed by atoms with Gasteiger partial charge in [0.15, 0.2) is 0 Å². The van der Waals surface area contributed by atoms with Crippen LogP contribution in [0, 0.1) is 0 Å². The van der Waals surface area contributed by atoms with E-state index in [1.165, 1.54) is 0 Å². The average molecular weight is 401 g/mol. The van der Waals surface area contributed by atoms with Gasteiger partial charge in [0.25, 0.3) is 5.56 Å². The van der Waals surface area contributed by atoms with Gasteiger partial charge in [0.1, 0.15) is 16.7 Å². The molecular formula is C21H21ClN2O4. The molecule has 28 heavy (non-hydrogen) atoms. The largest absolute Gasteiger partial charge is 0.497 e. The smallest absolute Gasteiger partial charge is 0.259 e. The predicted molar refractivity (Wildman–Crippen MR) is 109 cm³/mol. The lowest BCUT2D eigenvalue weighted by molar-refractivity contribution is 0.144. The SMILES string of the molecule is COCC1(n2c(=O)c(-c3cc(OC)cc(OC)c3)cc3cnc(Cl)cc32)CC1. The predicted octanol–water partition coefficient (Wildman–Crippen LogP) is 3.87. The number of hydrogen-bond acceptors (Lipinski definition) is 5. The normalized spacial score (nSPS) is 14.9. The molecule has 0 atom stereocenters. The minimum atomic E-state index is -0.353. The van der Waals surface area contributed by atoms with E-state index in [4.69, 9.17) is 25.8 Å². The van der Waals surface area contributed by atoms with Crippen LogP contribution in [0.4, 0.5) is 0 Å². The lowest BCUT2D eigenvalue weighted by Gasteiger charge is -2.22. The van der Waals surface area contributed by atoms with Crippen molar-refractivity contribution >= 4 is 22.5 Å². The van der Waals surface area contributed by atoms with Crippen molar-refractivity contribution in [3.8, 4) is 22.6 Å². The maximum Gasteiger partial charge on any atom is 0.259 e. The first-order valence-electron chi connectivity index (χ1n) is 8.95. The number of benzene rings is 1. The van der Waals surface area contributed by atoms with Crippen molar-refractivity contribution in [1.82, 2.24) is 9.55 Å². The molecule has 3 aromatic rings. The van der Waals surface area contributed by atoms with E-state index in [-0.39, 0.29) is 11.1 Å². The number of ether oxygens (including phenoxy) is 3. The van der Waals surface area contributed by atoms with Gasteiger partial charge in [0, 0.05) is 30.3 Å². The van der Waals surface area contributed by atoms with Crippen LogP contribution in [-0.2, 0) is 10.3 Å². The van der Waals surface area contributed by atoms with Crippen LogP contribution >= 0.6 is 11.6 Å². The van der Waals surface area contributed by atoms with Crippen molar-refractivity contribution in [1.29, 1.82) is 0 Å². The van der Waals surface area contributed by atoms with Crippen LogP contribution in [0.5, 0.6) is 11.5 Å². The van der Waals surface area contributed by atoms with Crippen molar-refractivity contribution < 1.29 is 14.2 Å². The molecule has 6 nitrogen and oxygen atoms in total. The van der Waals surface area contributed by atoms with E-state index >= 15 is 0 Å². The zero-order valence-corrected chi connectivity index (χ0v) is 16.7. The molecule has 1 saturated carbocycles. The topological polar surface area (TPSA) is 62.6 Å². The molecule has 2 heterocycles. The highest BCUT2D eigenvalue weighted by Crippen LogP contribution is 2.45. The number of nitrogens with zero attached hydrogens (tertiary/aromatic N) is 2. The van der Waals surface area contributed by atoms with Gasteiger partial charge in [-0.3, -0.25) is 9.36 Å². The Labute approximate surface area is 167 Å². The Morgan fingerprint density at radius 1 is 1.07 bits per heavy atom. The number of halogens is 1. The summed E-state index contributed by atoms with van der Waals surface area (Å²) in [5.41, 5.74) is 1.59. The van der Waals surface area contributed by atoms with Crippen LogP contribution in [0.25, 0.3) is 22.0 Å². The minimum absolute atomic E-state index is 0.0976. The van der Waals surface area contributed by atoms with Crippen molar-refractivity contribution in [3.63, 3.8) is 0 Å². The summed E-state index contributed by atoms with van der Waals surface area (Å²) < 4.78 is 18.0. The molecule has 2 aromatic heterocycles. The second kappa shape index (κ2) is 7.11.